The van der Waals surface area contributed by atoms with E-state index in [1.807, 2.05) is 30.3 Å². The first-order chi connectivity index (χ1) is 15.6. The lowest BCUT2D eigenvalue weighted by Gasteiger charge is -2.12. The zero-order valence-corrected chi connectivity index (χ0v) is 17.7. The standard InChI is InChI=1S/C25H24N2O5/c1-31-22-14-8-5-9-18(22)15-16-26-23(28)17-32-25(30)20-12-6-7-13-21(20)27-24(29)19-10-3-2-4-11-19/h2-14H,15-17H2,1H3,(H,26,28)(H,27,29). The Morgan fingerprint density at radius 3 is 2.31 bits per heavy atom. The largest absolute Gasteiger partial charge is 0.496 e. The van der Waals surface area contributed by atoms with Gasteiger partial charge in [-0.25, -0.2) is 4.79 Å². The summed E-state index contributed by atoms with van der Waals surface area (Å²) in [5, 5.41) is 5.42. The Hall–Kier alpha value is -4.13. The molecule has 0 spiro atoms. The summed E-state index contributed by atoms with van der Waals surface area (Å²) in [5.74, 6) is -0.713. The molecule has 2 amide bonds. The number of ether oxygens (including phenoxy) is 2. The summed E-state index contributed by atoms with van der Waals surface area (Å²) in [4.78, 5) is 37.0. The SMILES string of the molecule is COc1ccccc1CCNC(=O)COC(=O)c1ccccc1NC(=O)c1ccccc1. The van der Waals surface area contributed by atoms with E-state index < -0.39 is 18.5 Å². The van der Waals surface area contributed by atoms with Crippen molar-refractivity contribution in [2.24, 2.45) is 0 Å². The highest BCUT2D eigenvalue weighted by atomic mass is 16.5. The molecule has 32 heavy (non-hydrogen) atoms. The molecule has 164 valence electrons. The van der Waals surface area contributed by atoms with Crippen molar-refractivity contribution < 1.29 is 23.9 Å². The minimum atomic E-state index is -0.700. The summed E-state index contributed by atoms with van der Waals surface area (Å²) in [6.45, 7) is -0.0494. The predicted molar refractivity (Wildman–Crippen MR) is 121 cm³/mol. The Morgan fingerprint density at radius 1 is 0.844 bits per heavy atom. The van der Waals surface area contributed by atoms with Crippen LogP contribution in [0.25, 0.3) is 0 Å². The van der Waals surface area contributed by atoms with Crippen LogP contribution in [0.1, 0.15) is 26.3 Å². The molecule has 7 heteroatoms. The first-order valence-electron chi connectivity index (χ1n) is 10.1. The fraction of sp³-hybridized carbons (Fsp3) is 0.160. The van der Waals surface area contributed by atoms with Crippen LogP contribution in [0, 0.1) is 0 Å². The molecule has 2 N–H and O–H groups in total. The lowest BCUT2D eigenvalue weighted by Crippen LogP contribution is -2.30. The van der Waals surface area contributed by atoms with Gasteiger partial charge in [0.25, 0.3) is 11.8 Å². The fourth-order valence-electron chi connectivity index (χ4n) is 3.06. The van der Waals surface area contributed by atoms with Crippen molar-refractivity contribution in [3.05, 3.63) is 95.6 Å². The van der Waals surface area contributed by atoms with Gasteiger partial charge in [-0.1, -0.05) is 48.5 Å². The van der Waals surface area contributed by atoms with Crippen LogP contribution in [0.3, 0.4) is 0 Å². The van der Waals surface area contributed by atoms with E-state index in [4.69, 9.17) is 9.47 Å². The number of para-hydroxylation sites is 2. The number of carbonyl (C=O) groups is 3. The van der Waals surface area contributed by atoms with Gasteiger partial charge in [-0.15, -0.1) is 0 Å². The van der Waals surface area contributed by atoms with E-state index in [1.165, 1.54) is 6.07 Å². The summed E-state index contributed by atoms with van der Waals surface area (Å²) in [6, 6.07) is 22.7. The number of methoxy groups -OCH3 is 1. The van der Waals surface area contributed by atoms with Crippen LogP contribution >= 0.6 is 0 Å². The van der Waals surface area contributed by atoms with Gasteiger partial charge in [0.1, 0.15) is 5.75 Å². The highest BCUT2D eigenvalue weighted by Gasteiger charge is 2.16. The van der Waals surface area contributed by atoms with E-state index in [0.29, 0.717) is 24.2 Å². The molecular weight excluding hydrogens is 408 g/mol. The van der Waals surface area contributed by atoms with Crippen molar-refractivity contribution in [3.8, 4) is 5.75 Å². The average Bonchev–Trinajstić information content (AvgIpc) is 2.83. The molecule has 0 heterocycles. The molecule has 0 aromatic heterocycles. The second-order valence-corrected chi connectivity index (χ2v) is 6.85. The Labute approximate surface area is 186 Å². The van der Waals surface area contributed by atoms with Gasteiger partial charge < -0.3 is 20.1 Å². The molecule has 0 aliphatic carbocycles. The quantitative estimate of drug-likeness (QED) is 0.505. The number of nitrogens with one attached hydrogen (secondary N) is 2. The van der Waals surface area contributed by atoms with Gasteiger partial charge in [0, 0.05) is 12.1 Å². The molecule has 3 aromatic carbocycles. The highest BCUT2D eigenvalue weighted by Crippen LogP contribution is 2.18. The van der Waals surface area contributed by atoms with Crippen molar-refractivity contribution in [1.29, 1.82) is 0 Å². The third-order valence-electron chi connectivity index (χ3n) is 4.67. The van der Waals surface area contributed by atoms with Crippen LogP contribution in [-0.2, 0) is 16.0 Å². The van der Waals surface area contributed by atoms with Crippen LogP contribution in [0.2, 0.25) is 0 Å². The molecule has 0 saturated carbocycles. The molecular formula is C25H24N2O5. The van der Waals surface area contributed by atoms with Crippen LogP contribution in [0.4, 0.5) is 5.69 Å². The summed E-state index contributed by atoms with van der Waals surface area (Å²) in [5.41, 5.74) is 1.90. The molecule has 7 nitrogen and oxygen atoms in total. The van der Waals surface area contributed by atoms with Gasteiger partial charge in [-0.3, -0.25) is 9.59 Å². The maximum Gasteiger partial charge on any atom is 0.340 e. The molecule has 3 rings (SSSR count). The first-order valence-corrected chi connectivity index (χ1v) is 10.1. The van der Waals surface area contributed by atoms with Crippen molar-refractivity contribution in [2.45, 2.75) is 6.42 Å². The number of anilines is 1. The topological polar surface area (TPSA) is 93.7 Å². The van der Waals surface area contributed by atoms with Gasteiger partial charge >= 0.3 is 5.97 Å². The van der Waals surface area contributed by atoms with Crippen molar-refractivity contribution >= 4 is 23.5 Å². The molecule has 0 unspecified atom stereocenters. The highest BCUT2D eigenvalue weighted by molar-refractivity contribution is 6.08. The number of benzene rings is 3. The minimum absolute atomic E-state index is 0.165. The molecule has 0 radical (unpaired) electrons. The zero-order chi connectivity index (χ0) is 22.8. The van der Waals surface area contributed by atoms with E-state index >= 15 is 0 Å². The van der Waals surface area contributed by atoms with E-state index in [0.717, 1.165) is 11.3 Å². The molecule has 0 fully saturated rings. The molecule has 0 saturated heterocycles. The van der Waals surface area contributed by atoms with E-state index in [2.05, 4.69) is 10.6 Å². The van der Waals surface area contributed by atoms with Gasteiger partial charge in [0.15, 0.2) is 6.61 Å². The van der Waals surface area contributed by atoms with E-state index in [1.54, 1.807) is 49.6 Å². The average molecular weight is 432 g/mol. The number of hydrogen-bond donors (Lipinski definition) is 2. The second kappa shape index (κ2) is 11.3. The number of amides is 2. The first kappa shape index (κ1) is 22.6. The van der Waals surface area contributed by atoms with E-state index in [9.17, 15) is 14.4 Å². The third-order valence-corrected chi connectivity index (χ3v) is 4.67. The van der Waals surface area contributed by atoms with Crippen molar-refractivity contribution in [3.63, 3.8) is 0 Å². The second-order valence-electron chi connectivity index (χ2n) is 6.85. The number of carbonyl (C=O) groups excluding carboxylic acids is 3. The summed E-state index contributed by atoms with van der Waals surface area (Å²) in [6.07, 6.45) is 0.581. The molecule has 0 aliphatic rings. The number of rotatable bonds is 9. The van der Waals surface area contributed by atoms with Crippen LogP contribution in [-0.4, -0.2) is 38.0 Å². The maximum atomic E-state index is 12.5. The number of esters is 1. The van der Waals surface area contributed by atoms with Crippen LogP contribution < -0.4 is 15.4 Å². The van der Waals surface area contributed by atoms with Crippen LogP contribution in [0.15, 0.2) is 78.9 Å². The Morgan fingerprint density at radius 2 is 1.53 bits per heavy atom. The monoisotopic (exact) mass is 432 g/mol. The third kappa shape index (κ3) is 6.18. The lowest BCUT2D eigenvalue weighted by atomic mass is 10.1. The summed E-state index contributed by atoms with van der Waals surface area (Å²) >= 11 is 0. The van der Waals surface area contributed by atoms with Crippen molar-refractivity contribution in [1.82, 2.24) is 5.32 Å². The van der Waals surface area contributed by atoms with Gasteiger partial charge in [0.2, 0.25) is 0 Å². The Kier molecular flexibility index (Phi) is 7.97. The minimum Gasteiger partial charge on any atom is -0.496 e. The summed E-state index contributed by atoms with van der Waals surface area (Å²) in [7, 11) is 1.59. The van der Waals surface area contributed by atoms with Gasteiger partial charge in [-0.2, -0.15) is 0 Å². The normalized spacial score (nSPS) is 10.2. The lowest BCUT2D eigenvalue weighted by molar-refractivity contribution is -0.124. The maximum absolute atomic E-state index is 12.5. The smallest absolute Gasteiger partial charge is 0.340 e. The predicted octanol–water partition coefficient (Wildman–Crippen LogP) is 3.46. The molecule has 0 bridgehead atoms. The van der Waals surface area contributed by atoms with Crippen molar-refractivity contribution in [2.75, 3.05) is 25.6 Å². The van der Waals surface area contributed by atoms with Gasteiger partial charge in [-0.05, 0) is 42.3 Å². The Balaban J connectivity index is 1.51. The molecule has 3 aromatic rings. The molecule has 0 aliphatic heterocycles. The Bertz CT molecular complexity index is 1080. The van der Waals surface area contributed by atoms with Crippen LogP contribution in [0.5, 0.6) is 5.75 Å². The molecule has 0 atom stereocenters. The zero-order valence-electron chi connectivity index (χ0n) is 17.7. The van der Waals surface area contributed by atoms with Gasteiger partial charge in [0.05, 0.1) is 18.4 Å². The van der Waals surface area contributed by atoms with E-state index in [-0.39, 0.29) is 11.5 Å². The fourth-order valence-corrected chi connectivity index (χ4v) is 3.06. The summed E-state index contributed by atoms with van der Waals surface area (Å²) < 4.78 is 10.4. The number of hydrogen-bond acceptors (Lipinski definition) is 5.